The number of carbonyl (C=O) groups is 1. The summed E-state index contributed by atoms with van der Waals surface area (Å²) in [7, 11) is 0. The van der Waals surface area contributed by atoms with Crippen molar-refractivity contribution >= 4 is 23.2 Å². The van der Waals surface area contributed by atoms with Crippen molar-refractivity contribution in [2.24, 2.45) is 0 Å². The minimum Gasteiger partial charge on any atom is -0.396 e. The van der Waals surface area contributed by atoms with E-state index in [9.17, 15) is 14.9 Å². The fourth-order valence-electron chi connectivity index (χ4n) is 1.34. The smallest absolute Gasteiger partial charge is 0.270 e. The lowest BCUT2D eigenvalue weighted by Crippen LogP contribution is -2.24. The molecule has 7 heteroatoms. The maximum atomic E-state index is 11.7. The number of carbonyl (C=O) groups excluding carboxylic acids is 1. The number of nitro groups is 1. The van der Waals surface area contributed by atoms with Crippen LogP contribution in [0.2, 0.25) is 5.02 Å². The summed E-state index contributed by atoms with van der Waals surface area (Å²) in [4.78, 5) is 21.6. The van der Waals surface area contributed by atoms with Crippen molar-refractivity contribution in [3.8, 4) is 0 Å². The summed E-state index contributed by atoms with van der Waals surface area (Å²) in [6, 6.07) is 3.69. The van der Waals surface area contributed by atoms with E-state index in [0.717, 1.165) is 6.07 Å². The molecular formula is C11H13ClN2O4. The second-order valence-electron chi connectivity index (χ2n) is 3.61. The van der Waals surface area contributed by atoms with E-state index < -0.39 is 4.92 Å². The standard InChI is InChI=1S/C11H13ClN2O4/c12-10-7-8(14(17)18)3-4-9(10)11(16)13-5-1-2-6-15/h3-4,7,15H,1-2,5-6H2,(H,13,16). The summed E-state index contributed by atoms with van der Waals surface area (Å²) in [6.07, 6.45) is 1.26. The van der Waals surface area contributed by atoms with Crippen LogP contribution < -0.4 is 5.32 Å². The van der Waals surface area contributed by atoms with E-state index in [4.69, 9.17) is 16.7 Å². The van der Waals surface area contributed by atoms with Crippen molar-refractivity contribution in [2.75, 3.05) is 13.2 Å². The first-order valence-electron chi connectivity index (χ1n) is 5.39. The number of nitrogens with one attached hydrogen (secondary N) is 1. The van der Waals surface area contributed by atoms with Gasteiger partial charge in [-0.05, 0) is 18.9 Å². The Morgan fingerprint density at radius 1 is 1.44 bits per heavy atom. The van der Waals surface area contributed by atoms with Crippen molar-refractivity contribution in [3.05, 3.63) is 38.9 Å². The predicted molar refractivity (Wildman–Crippen MR) is 66.8 cm³/mol. The van der Waals surface area contributed by atoms with Crippen molar-refractivity contribution in [1.82, 2.24) is 5.32 Å². The maximum Gasteiger partial charge on any atom is 0.270 e. The van der Waals surface area contributed by atoms with Crippen LogP contribution in [0.3, 0.4) is 0 Å². The molecule has 2 N–H and O–H groups in total. The van der Waals surface area contributed by atoms with Crippen LogP contribution in [0.4, 0.5) is 5.69 Å². The van der Waals surface area contributed by atoms with Crippen molar-refractivity contribution < 1.29 is 14.8 Å². The monoisotopic (exact) mass is 272 g/mol. The maximum absolute atomic E-state index is 11.7. The van der Waals surface area contributed by atoms with Gasteiger partial charge in [-0.15, -0.1) is 0 Å². The zero-order valence-corrected chi connectivity index (χ0v) is 10.3. The largest absolute Gasteiger partial charge is 0.396 e. The zero-order valence-electron chi connectivity index (χ0n) is 9.56. The molecule has 0 unspecified atom stereocenters. The Bertz CT molecular complexity index is 451. The second-order valence-corrected chi connectivity index (χ2v) is 4.02. The van der Waals surface area contributed by atoms with Crippen LogP contribution in [-0.2, 0) is 0 Å². The molecule has 98 valence electrons. The first-order valence-corrected chi connectivity index (χ1v) is 5.77. The highest BCUT2D eigenvalue weighted by Crippen LogP contribution is 2.22. The summed E-state index contributed by atoms with van der Waals surface area (Å²) in [5.74, 6) is -0.382. The van der Waals surface area contributed by atoms with Crippen LogP contribution >= 0.6 is 11.6 Å². The van der Waals surface area contributed by atoms with Gasteiger partial charge in [0.15, 0.2) is 0 Å². The Hall–Kier alpha value is -1.66. The Morgan fingerprint density at radius 3 is 2.72 bits per heavy atom. The van der Waals surface area contributed by atoms with Gasteiger partial charge in [0.1, 0.15) is 0 Å². The number of halogens is 1. The number of benzene rings is 1. The summed E-state index contributed by atoms with van der Waals surface area (Å²) in [6.45, 7) is 0.501. The van der Waals surface area contributed by atoms with Gasteiger partial charge in [0, 0.05) is 25.3 Å². The van der Waals surface area contributed by atoms with Crippen LogP contribution in [0.5, 0.6) is 0 Å². The number of aliphatic hydroxyl groups excluding tert-OH is 1. The number of hydrogen-bond donors (Lipinski definition) is 2. The van der Waals surface area contributed by atoms with Gasteiger partial charge in [-0.3, -0.25) is 14.9 Å². The highest BCUT2D eigenvalue weighted by molar-refractivity contribution is 6.34. The Balaban J connectivity index is 2.66. The summed E-state index contributed by atoms with van der Waals surface area (Å²) >= 11 is 5.80. The third-order valence-corrected chi connectivity index (χ3v) is 2.59. The van der Waals surface area contributed by atoms with Gasteiger partial charge in [0.2, 0.25) is 0 Å². The second kappa shape index (κ2) is 6.93. The molecule has 0 heterocycles. The van der Waals surface area contributed by atoms with Crippen molar-refractivity contribution in [3.63, 3.8) is 0 Å². The van der Waals surface area contributed by atoms with Gasteiger partial charge in [-0.25, -0.2) is 0 Å². The first kappa shape index (κ1) is 14.4. The number of rotatable bonds is 6. The number of non-ortho nitro benzene ring substituents is 1. The molecule has 1 aromatic carbocycles. The average Bonchev–Trinajstić information content (AvgIpc) is 2.34. The van der Waals surface area contributed by atoms with Gasteiger partial charge < -0.3 is 10.4 Å². The lowest BCUT2D eigenvalue weighted by atomic mass is 10.2. The fourth-order valence-corrected chi connectivity index (χ4v) is 1.60. The molecule has 1 aromatic rings. The van der Waals surface area contributed by atoms with E-state index in [0.29, 0.717) is 19.4 Å². The van der Waals surface area contributed by atoms with E-state index >= 15 is 0 Å². The molecule has 1 rings (SSSR count). The Kier molecular flexibility index (Phi) is 5.54. The molecule has 0 aromatic heterocycles. The molecule has 0 atom stereocenters. The highest BCUT2D eigenvalue weighted by Gasteiger charge is 2.14. The van der Waals surface area contributed by atoms with Crippen molar-refractivity contribution in [1.29, 1.82) is 0 Å². The SMILES string of the molecule is O=C(NCCCCO)c1ccc([N+](=O)[O-])cc1Cl. The minimum atomic E-state index is -0.575. The van der Waals surface area contributed by atoms with E-state index in [1.54, 1.807) is 0 Å². The van der Waals surface area contributed by atoms with Gasteiger partial charge in [-0.2, -0.15) is 0 Å². The molecule has 6 nitrogen and oxygen atoms in total. The van der Waals surface area contributed by atoms with E-state index in [1.807, 2.05) is 0 Å². The number of aliphatic hydroxyl groups is 1. The molecule has 0 saturated heterocycles. The average molecular weight is 273 g/mol. The molecular weight excluding hydrogens is 260 g/mol. The third-order valence-electron chi connectivity index (χ3n) is 2.28. The molecule has 0 aliphatic heterocycles. The fraction of sp³-hybridized carbons (Fsp3) is 0.364. The van der Waals surface area contributed by atoms with E-state index in [1.165, 1.54) is 12.1 Å². The number of nitrogens with zero attached hydrogens (tertiary/aromatic N) is 1. The van der Waals surface area contributed by atoms with Crippen LogP contribution in [-0.4, -0.2) is 29.1 Å². The molecule has 0 saturated carbocycles. The number of nitro benzene ring substituents is 1. The molecule has 0 spiro atoms. The van der Waals surface area contributed by atoms with Crippen LogP contribution in [0.15, 0.2) is 18.2 Å². The molecule has 1 amide bonds. The molecule has 0 aliphatic rings. The molecule has 0 radical (unpaired) electrons. The third kappa shape index (κ3) is 3.97. The zero-order chi connectivity index (χ0) is 13.5. The van der Waals surface area contributed by atoms with Gasteiger partial charge >= 0.3 is 0 Å². The van der Waals surface area contributed by atoms with E-state index in [-0.39, 0.29) is 28.8 Å². The van der Waals surface area contributed by atoms with Crippen LogP contribution in [0.25, 0.3) is 0 Å². The van der Waals surface area contributed by atoms with Gasteiger partial charge in [0.05, 0.1) is 15.5 Å². The van der Waals surface area contributed by atoms with Crippen molar-refractivity contribution in [2.45, 2.75) is 12.8 Å². The number of hydrogen-bond acceptors (Lipinski definition) is 4. The highest BCUT2D eigenvalue weighted by atomic mass is 35.5. The van der Waals surface area contributed by atoms with Crippen LogP contribution in [0, 0.1) is 10.1 Å². The minimum absolute atomic E-state index is 0.0452. The van der Waals surface area contributed by atoms with Gasteiger partial charge in [0.25, 0.3) is 11.6 Å². The summed E-state index contributed by atoms with van der Waals surface area (Å²) in [5.41, 5.74) is 0.0445. The molecule has 0 bridgehead atoms. The Labute approximate surface area is 109 Å². The lowest BCUT2D eigenvalue weighted by molar-refractivity contribution is -0.384. The van der Waals surface area contributed by atoms with Crippen LogP contribution in [0.1, 0.15) is 23.2 Å². The topological polar surface area (TPSA) is 92.5 Å². The summed E-state index contributed by atoms with van der Waals surface area (Å²) in [5, 5.41) is 21.7. The number of amides is 1. The quantitative estimate of drug-likeness (QED) is 0.469. The first-order chi connectivity index (χ1) is 8.56. The lowest BCUT2D eigenvalue weighted by Gasteiger charge is -2.06. The molecule has 18 heavy (non-hydrogen) atoms. The van der Waals surface area contributed by atoms with E-state index in [2.05, 4.69) is 5.32 Å². The normalized spacial score (nSPS) is 10.1. The number of unbranched alkanes of at least 4 members (excludes halogenated alkanes) is 1. The molecule has 0 aliphatic carbocycles. The predicted octanol–water partition coefficient (Wildman–Crippen LogP) is 1.75. The summed E-state index contributed by atoms with van der Waals surface area (Å²) < 4.78 is 0. The molecule has 0 fully saturated rings. The Morgan fingerprint density at radius 2 is 2.17 bits per heavy atom. The van der Waals surface area contributed by atoms with Gasteiger partial charge in [-0.1, -0.05) is 11.6 Å².